The molecule has 0 radical (unpaired) electrons. The maximum atomic E-state index is 12.5. The Hall–Kier alpha value is -1.24. The molecule has 1 aliphatic heterocycles. The first-order valence-corrected chi connectivity index (χ1v) is 9.01. The summed E-state index contributed by atoms with van der Waals surface area (Å²) >= 11 is 5.14. The van der Waals surface area contributed by atoms with Crippen LogP contribution in [0.3, 0.4) is 0 Å². The van der Waals surface area contributed by atoms with Gasteiger partial charge in [-0.15, -0.1) is 11.3 Å². The fourth-order valence-electron chi connectivity index (χ4n) is 3.24. The lowest BCUT2D eigenvalue weighted by Crippen LogP contribution is -2.36. The largest absolute Gasteiger partial charge is 0.378 e. The number of allylic oxidation sites excluding steroid dienone is 5. The van der Waals surface area contributed by atoms with Gasteiger partial charge in [0.2, 0.25) is 0 Å². The number of carbonyl (C=O) groups is 1. The molecule has 0 N–H and O–H groups in total. The first kappa shape index (κ1) is 14.4. The van der Waals surface area contributed by atoms with Crippen LogP contribution in [0, 0.1) is 0 Å². The number of nitrogens with zero attached hydrogens (tertiary/aromatic N) is 2. The second kappa shape index (κ2) is 5.76. The Morgan fingerprint density at radius 2 is 2.09 bits per heavy atom. The Morgan fingerprint density at radius 1 is 1.27 bits per heavy atom. The van der Waals surface area contributed by atoms with Gasteiger partial charge in [-0.2, -0.15) is 0 Å². The molecule has 1 aromatic rings. The molecule has 1 aromatic heterocycles. The predicted molar refractivity (Wildman–Crippen MR) is 89.5 cm³/mol. The SMILES string of the molecule is O=C1C=C(N2CCOCC2)CC2=C1CC=C2c1ncsc1Br. The van der Waals surface area contributed by atoms with E-state index in [9.17, 15) is 4.79 Å². The number of carbonyl (C=O) groups excluding carboxylic acids is 1. The molecular formula is C16H15BrN2O2S. The summed E-state index contributed by atoms with van der Waals surface area (Å²) in [4.78, 5) is 19.2. The van der Waals surface area contributed by atoms with E-state index in [-0.39, 0.29) is 5.78 Å². The molecule has 6 heteroatoms. The second-order valence-electron chi connectivity index (χ2n) is 5.53. The van der Waals surface area contributed by atoms with Gasteiger partial charge in [0.25, 0.3) is 0 Å². The summed E-state index contributed by atoms with van der Waals surface area (Å²) in [6, 6.07) is 0. The molecule has 2 heterocycles. The molecule has 22 heavy (non-hydrogen) atoms. The summed E-state index contributed by atoms with van der Waals surface area (Å²) in [6.07, 6.45) is 5.49. The van der Waals surface area contributed by atoms with Gasteiger partial charge in [-0.05, 0) is 27.9 Å². The minimum Gasteiger partial charge on any atom is -0.378 e. The monoisotopic (exact) mass is 378 g/mol. The molecular weight excluding hydrogens is 364 g/mol. The maximum Gasteiger partial charge on any atom is 0.184 e. The van der Waals surface area contributed by atoms with Gasteiger partial charge in [-0.3, -0.25) is 4.79 Å². The maximum absolute atomic E-state index is 12.5. The molecule has 0 unspecified atom stereocenters. The highest BCUT2D eigenvalue weighted by molar-refractivity contribution is 9.11. The van der Waals surface area contributed by atoms with E-state index in [4.69, 9.17) is 4.74 Å². The van der Waals surface area contributed by atoms with Gasteiger partial charge in [0.1, 0.15) is 0 Å². The molecule has 114 valence electrons. The zero-order valence-corrected chi connectivity index (χ0v) is 14.4. The summed E-state index contributed by atoms with van der Waals surface area (Å²) in [6.45, 7) is 3.19. The molecule has 0 amide bonds. The molecule has 2 aliphatic carbocycles. The third-order valence-electron chi connectivity index (χ3n) is 4.35. The van der Waals surface area contributed by atoms with E-state index < -0.39 is 0 Å². The number of hydrogen-bond donors (Lipinski definition) is 0. The molecule has 0 bridgehead atoms. The number of thiazole rings is 1. The van der Waals surface area contributed by atoms with E-state index in [0.29, 0.717) is 0 Å². The fourth-order valence-corrected chi connectivity index (χ4v) is 4.33. The Labute approximate surface area is 141 Å². The van der Waals surface area contributed by atoms with Crippen molar-refractivity contribution in [1.29, 1.82) is 0 Å². The molecule has 0 saturated carbocycles. The third-order valence-corrected chi connectivity index (χ3v) is 5.90. The standard InChI is InChI=1S/C16H15BrN2O2S/c17-16-15(18-9-22-16)12-2-1-11-13(12)7-10(8-14(11)20)19-3-5-21-6-4-19/h2,8-9H,1,3-7H2. The number of morpholine rings is 1. The van der Waals surface area contributed by atoms with Crippen LogP contribution < -0.4 is 0 Å². The van der Waals surface area contributed by atoms with Gasteiger partial charge in [0, 0.05) is 42.4 Å². The number of hydrogen-bond acceptors (Lipinski definition) is 5. The summed E-state index contributed by atoms with van der Waals surface area (Å²) in [5.74, 6) is 0.153. The van der Waals surface area contributed by atoms with E-state index >= 15 is 0 Å². The molecule has 0 aromatic carbocycles. The quantitative estimate of drug-likeness (QED) is 0.792. The third kappa shape index (κ3) is 2.39. The first-order chi connectivity index (χ1) is 10.7. The lowest BCUT2D eigenvalue weighted by Gasteiger charge is -2.33. The van der Waals surface area contributed by atoms with E-state index in [1.54, 1.807) is 11.3 Å². The van der Waals surface area contributed by atoms with Crippen LogP contribution in [0.4, 0.5) is 0 Å². The van der Waals surface area contributed by atoms with Crippen LogP contribution in [0.25, 0.3) is 5.57 Å². The van der Waals surface area contributed by atoms with Crippen LogP contribution >= 0.6 is 27.3 Å². The highest BCUT2D eigenvalue weighted by atomic mass is 79.9. The number of ether oxygens (including phenoxy) is 1. The molecule has 1 fully saturated rings. The van der Waals surface area contributed by atoms with Gasteiger partial charge >= 0.3 is 0 Å². The van der Waals surface area contributed by atoms with E-state index in [2.05, 4.69) is 31.9 Å². The Kier molecular flexibility index (Phi) is 3.76. The Balaban J connectivity index is 1.64. The van der Waals surface area contributed by atoms with Crippen molar-refractivity contribution >= 4 is 38.6 Å². The van der Waals surface area contributed by atoms with Crippen molar-refractivity contribution in [2.45, 2.75) is 12.8 Å². The lowest BCUT2D eigenvalue weighted by molar-refractivity contribution is -0.111. The van der Waals surface area contributed by atoms with Crippen molar-refractivity contribution in [1.82, 2.24) is 9.88 Å². The first-order valence-electron chi connectivity index (χ1n) is 7.33. The molecule has 1 saturated heterocycles. The average molecular weight is 379 g/mol. The van der Waals surface area contributed by atoms with Gasteiger partial charge in [0.05, 0.1) is 28.2 Å². The van der Waals surface area contributed by atoms with Crippen molar-refractivity contribution in [3.8, 4) is 0 Å². The molecule has 3 aliphatic rings. The zero-order valence-electron chi connectivity index (χ0n) is 12.0. The second-order valence-corrected chi connectivity index (χ2v) is 7.70. The van der Waals surface area contributed by atoms with Crippen molar-refractivity contribution in [2.24, 2.45) is 0 Å². The average Bonchev–Trinajstić information content (AvgIpc) is 3.14. The van der Waals surface area contributed by atoms with Crippen LogP contribution in [0.5, 0.6) is 0 Å². The van der Waals surface area contributed by atoms with Crippen molar-refractivity contribution < 1.29 is 9.53 Å². The normalized spacial score (nSPS) is 21.9. The molecule has 4 nitrogen and oxygen atoms in total. The summed E-state index contributed by atoms with van der Waals surface area (Å²) in [5.41, 5.74) is 7.13. The highest BCUT2D eigenvalue weighted by Gasteiger charge is 2.31. The summed E-state index contributed by atoms with van der Waals surface area (Å²) in [5, 5.41) is 0. The minimum absolute atomic E-state index is 0.153. The molecule has 4 rings (SSSR count). The van der Waals surface area contributed by atoms with Crippen molar-refractivity contribution in [3.05, 3.63) is 44.0 Å². The van der Waals surface area contributed by atoms with E-state index in [1.165, 1.54) is 0 Å². The smallest absolute Gasteiger partial charge is 0.184 e. The summed E-state index contributed by atoms with van der Waals surface area (Å²) < 4.78 is 6.44. The fraction of sp³-hybridized carbons (Fsp3) is 0.375. The van der Waals surface area contributed by atoms with E-state index in [0.717, 1.165) is 71.0 Å². The van der Waals surface area contributed by atoms with Gasteiger partial charge in [-0.25, -0.2) is 4.98 Å². The number of halogens is 1. The number of rotatable bonds is 2. The van der Waals surface area contributed by atoms with Crippen molar-refractivity contribution in [3.63, 3.8) is 0 Å². The van der Waals surface area contributed by atoms with Crippen LogP contribution in [-0.2, 0) is 9.53 Å². The minimum atomic E-state index is 0.153. The van der Waals surface area contributed by atoms with Crippen LogP contribution in [0.2, 0.25) is 0 Å². The Bertz CT molecular complexity index is 726. The summed E-state index contributed by atoms with van der Waals surface area (Å²) in [7, 11) is 0. The topological polar surface area (TPSA) is 42.4 Å². The lowest BCUT2D eigenvalue weighted by atomic mass is 9.91. The van der Waals surface area contributed by atoms with Crippen LogP contribution in [0.15, 0.2) is 38.3 Å². The Morgan fingerprint density at radius 3 is 2.82 bits per heavy atom. The molecule has 0 atom stereocenters. The van der Waals surface area contributed by atoms with Gasteiger partial charge in [-0.1, -0.05) is 6.08 Å². The van der Waals surface area contributed by atoms with Crippen LogP contribution in [-0.4, -0.2) is 42.0 Å². The van der Waals surface area contributed by atoms with Gasteiger partial charge in [0.15, 0.2) is 5.78 Å². The predicted octanol–water partition coefficient (Wildman–Crippen LogP) is 3.18. The number of aromatic nitrogens is 1. The van der Waals surface area contributed by atoms with Gasteiger partial charge < -0.3 is 9.64 Å². The zero-order chi connectivity index (χ0) is 15.1. The highest BCUT2D eigenvalue weighted by Crippen LogP contribution is 2.43. The molecule has 0 spiro atoms. The van der Waals surface area contributed by atoms with Crippen molar-refractivity contribution in [2.75, 3.05) is 26.3 Å². The van der Waals surface area contributed by atoms with E-state index in [1.807, 2.05) is 11.6 Å². The number of ketones is 1. The van der Waals surface area contributed by atoms with Crippen LogP contribution in [0.1, 0.15) is 18.5 Å².